The van der Waals surface area contributed by atoms with E-state index in [1.165, 1.54) is 6.42 Å². The first-order chi connectivity index (χ1) is 4.70. The molecule has 0 saturated heterocycles. The smallest absolute Gasteiger partial charge is 1.00 e. The van der Waals surface area contributed by atoms with Crippen molar-refractivity contribution in [3.63, 3.8) is 0 Å². The van der Waals surface area contributed by atoms with Gasteiger partial charge in [-0.3, -0.25) is 0 Å². The van der Waals surface area contributed by atoms with Gasteiger partial charge in [0, 0.05) is 0 Å². The van der Waals surface area contributed by atoms with Gasteiger partial charge in [-0.1, -0.05) is 0 Å². The van der Waals surface area contributed by atoms with Crippen LogP contribution >= 0.6 is 0 Å². The Bertz CT molecular complexity index is 223. The van der Waals surface area contributed by atoms with Gasteiger partial charge < -0.3 is 24.8 Å². The van der Waals surface area contributed by atoms with Gasteiger partial charge in [-0.15, -0.1) is 0 Å². The molecule has 0 fully saturated rings. The minimum Gasteiger partial charge on any atom is -1.00 e. The maximum Gasteiger partial charge on any atom is -1.00 e. The van der Waals surface area contributed by atoms with Crippen LogP contribution in [0.3, 0.4) is 0 Å². The van der Waals surface area contributed by atoms with Crippen LogP contribution in [0.2, 0.25) is 0 Å². The summed E-state index contributed by atoms with van der Waals surface area (Å²) in [6.07, 6.45) is 5.83. The summed E-state index contributed by atoms with van der Waals surface area (Å²) < 4.78 is 3.50. The minimum atomic E-state index is -0.465. The molecule has 1 rings (SSSR count). The number of allylic oxidation sites excluding steroid dienone is 4. The van der Waals surface area contributed by atoms with Gasteiger partial charge in [0.2, 0.25) is 0 Å². The van der Waals surface area contributed by atoms with Crippen molar-refractivity contribution in [2.75, 3.05) is 0 Å². The topological polar surface area (TPSA) is 0 Å². The average Bonchev–Trinajstić information content (AvgIpc) is 2.15. The molecule has 0 atom stereocenters. The summed E-state index contributed by atoms with van der Waals surface area (Å²) in [5, 5.41) is 0. The third kappa shape index (κ3) is 4.74. The van der Waals surface area contributed by atoms with E-state index in [1.807, 2.05) is 0 Å². The van der Waals surface area contributed by atoms with E-state index in [4.69, 9.17) is 0 Å². The largest absolute Gasteiger partial charge is 1.00 e. The van der Waals surface area contributed by atoms with Crippen molar-refractivity contribution in [2.45, 2.75) is 27.2 Å². The Morgan fingerprint density at radius 2 is 1.92 bits per heavy atom. The molecule has 0 aromatic carbocycles. The van der Waals surface area contributed by atoms with Crippen LogP contribution in [0.15, 0.2) is 21.1 Å². The van der Waals surface area contributed by atoms with Crippen LogP contribution in [0.4, 0.5) is 0 Å². The third-order valence-electron chi connectivity index (χ3n) is 1.57. The molecule has 3 heteroatoms. The Morgan fingerprint density at radius 3 is 2.25 bits per heavy atom. The van der Waals surface area contributed by atoms with E-state index in [0.29, 0.717) is 0 Å². The minimum absolute atomic E-state index is 0. The second-order valence-corrected chi connectivity index (χ2v) is 9.55. The molecule has 0 amide bonds. The molecule has 0 heterocycles. The summed E-state index contributed by atoms with van der Waals surface area (Å²) in [5.74, 6) is 0. The van der Waals surface area contributed by atoms with Crippen LogP contribution in [0.5, 0.6) is 0 Å². The second kappa shape index (κ2) is 7.23. The van der Waals surface area contributed by atoms with E-state index in [2.05, 4.69) is 32.9 Å². The monoisotopic (exact) mass is 371 g/mol. The van der Waals surface area contributed by atoms with Crippen LogP contribution in [-0.4, -0.2) is 3.26 Å². The zero-order valence-electron chi connectivity index (χ0n) is 7.62. The number of halogens is 2. The molecule has 0 spiro atoms. The zero-order chi connectivity index (χ0) is 7.56. The average molecular weight is 371 g/mol. The Morgan fingerprint density at radius 1 is 1.33 bits per heavy atom. The van der Waals surface area contributed by atoms with Gasteiger partial charge in [-0.25, -0.2) is 0 Å². The molecule has 12 heavy (non-hydrogen) atoms. The predicted molar refractivity (Wildman–Crippen MR) is 42.8 cm³/mol. The fourth-order valence-corrected chi connectivity index (χ4v) is 5.03. The molecule has 0 aliphatic heterocycles. The van der Waals surface area contributed by atoms with Crippen molar-refractivity contribution in [2.24, 2.45) is 0 Å². The third-order valence-corrected chi connectivity index (χ3v) is 6.60. The molecule has 0 nitrogen and oxygen atoms in total. The van der Waals surface area contributed by atoms with Crippen molar-refractivity contribution in [3.05, 3.63) is 21.1 Å². The van der Waals surface area contributed by atoms with E-state index < -0.39 is 22.4 Å². The first kappa shape index (κ1) is 15.3. The van der Waals surface area contributed by atoms with Crippen LogP contribution in [0.1, 0.15) is 27.2 Å². The van der Waals surface area contributed by atoms with Crippen molar-refractivity contribution in [1.82, 2.24) is 0 Å². The molecule has 67 valence electrons. The van der Waals surface area contributed by atoms with E-state index in [-0.39, 0.29) is 24.8 Å². The normalized spacial score (nSPS) is 13.2. The second-order valence-electron chi connectivity index (χ2n) is 2.89. The number of rotatable bonds is 1. The number of hydrogen-bond acceptors (Lipinski definition) is 0. The fourth-order valence-electron chi connectivity index (χ4n) is 1.07. The first-order valence-corrected chi connectivity index (χ1v) is 7.23. The Hall–Kier alpha value is 0.800. The molecule has 0 aromatic heterocycles. The summed E-state index contributed by atoms with van der Waals surface area (Å²) in [7, 11) is 0. The number of hydrogen-bond donors (Lipinski definition) is 0. The molecule has 0 aromatic rings. The molecule has 0 bridgehead atoms. The summed E-state index contributed by atoms with van der Waals surface area (Å²) >= 11 is -0.465. The van der Waals surface area contributed by atoms with E-state index in [0.717, 1.165) is 0 Å². The van der Waals surface area contributed by atoms with E-state index >= 15 is 0 Å². The summed E-state index contributed by atoms with van der Waals surface area (Å²) in [4.78, 5) is 0. The Labute approximate surface area is 98.2 Å². The standard InChI is InChI=1S/C6H7.C3H6.2ClH.Hf/c1-6-4-2-3-5-6;1-3-2;;;/h2,4H,3H2,1H3;1-2H3;2*1H;/q;;;;+2/p-2. The van der Waals surface area contributed by atoms with Gasteiger partial charge >= 0.3 is 73.9 Å². The maximum absolute atomic E-state index is 2.29. The molecular weight excluding hydrogens is 357 g/mol. The summed E-state index contributed by atoms with van der Waals surface area (Å²) in [6.45, 7) is 6.80. The fraction of sp³-hybridized carbons (Fsp3) is 0.444. The van der Waals surface area contributed by atoms with Crippen molar-refractivity contribution in [1.29, 1.82) is 0 Å². The van der Waals surface area contributed by atoms with Gasteiger partial charge in [0.25, 0.3) is 0 Å². The predicted octanol–water partition coefficient (Wildman–Crippen LogP) is -3.48. The Kier molecular flexibility index (Phi) is 9.20. The van der Waals surface area contributed by atoms with Gasteiger partial charge in [0.15, 0.2) is 0 Å². The quantitative estimate of drug-likeness (QED) is 0.421. The molecule has 1 aliphatic carbocycles. The van der Waals surface area contributed by atoms with Crippen molar-refractivity contribution >= 4 is 3.26 Å². The first-order valence-electron chi connectivity index (χ1n) is 3.63. The maximum atomic E-state index is 2.29. The molecular formula is C9H13Cl2Hf. The molecule has 0 N–H and O–H groups in total. The van der Waals surface area contributed by atoms with Crippen LogP contribution < -0.4 is 24.8 Å². The van der Waals surface area contributed by atoms with Gasteiger partial charge in [-0.05, 0) is 0 Å². The van der Waals surface area contributed by atoms with Crippen molar-refractivity contribution in [3.8, 4) is 0 Å². The van der Waals surface area contributed by atoms with Gasteiger partial charge in [0.1, 0.15) is 0 Å². The summed E-state index contributed by atoms with van der Waals surface area (Å²) in [6, 6.07) is 0. The van der Waals surface area contributed by atoms with Crippen LogP contribution in [0, 0.1) is 0 Å². The van der Waals surface area contributed by atoms with Gasteiger partial charge in [0.05, 0.1) is 0 Å². The van der Waals surface area contributed by atoms with Crippen molar-refractivity contribution < 1.29 is 47.2 Å². The SMILES string of the molecule is C[C](C)=[Hf+2][C]1=C(C)C=CC1.[Cl-].[Cl-]. The molecule has 1 aliphatic rings. The van der Waals surface area contributed by atoms with Crippen LogP contribution in [-0.2, 0) is 22.4 Å². The molecule has 0 saturated carbocycles. The summed E-state index contributed by atoms with van der Waals surface area (Å²) in [5.41, 5.74) is 1.56. The van der Waals surface area contributed by atoms with E-state index in [1.54, 1.807) is 12.2 Å². The Balaban J connectivity index is 0. The van der Waals surface area contributed by atoms with E-state index in [9.17, 15) is 0 Å². The molecule has 0 radical (unpaired) electrons. The van der Waals surface area contributed by atoms with Gasteiger partial charge in [-0.2, -0.15) is 0 Å². The molecule has 0 unspecified atom stereocenters. The zero-order valence-corrected chi connectivity index (χ0v) is 12.7. The van der Waals surface area contributed by atoms with Crippen LogP contribution in [0.25, 0.3) is 0 Å².